The Hall–Kier alpha value is -1.71. The average Bonchev–Trinajstić information content (AvgIpc) is 2.48. The number of aryl methyl sites for hydroxylation is 1. The minimum atomic E-state index is 0.0927. The summed E-state index contributed by atoms with van der Waals surface area (Å²) in [6.07, 6.45) is 4.70. The first-order valence-corrected chi connectivity index (χ1v) is 7.49. The van der Waals surface area contributed by atoms with Crippen LogP contribution in [0, 0.1) is 6.92 Å². The number of rotatable bonds is 6. The van der Waals surface area contributed by atoms with Crippen LogP contribution in [-0.4, -0.2) is 29.5 Å². The van der Waals surface area contributed by atoms with E-state index in [1.165, 1.54) is 16.7 Å². The standard InChI is InChI=1S/C18H25N3/c1-14-4-6-17(7-5-14)18(15(2)19)21(3)13-10-16-8-11-20-12-9-16/h4-9,11-12,15,18H,10,13,19H2,1-3H3. The first kappa shape index (κ1) is 15.7. The highest BCUT2D eigenvalue weighted by Crippen LogP contribution is 2.23. The first-order valence-electron chi connectivity index (χ1n) is 7.49. The van der Waals surface area contributed by atoms with E-state index in [2.05, 4.69) is 67.2 Å². The summed E-state index contributed by atoms with van der Waals surface area (Å²) in [6, 6.07) is 13.2. The Morgan fingerprint density at radius 1 is 1.10 bits per heavy atom. The van der Waals surface area contributed by atoms with Crippen molar-refractivity contribution in [2.24, 2.45) is 5.73 Å². The SMILES string of the molecule is Cc1ccc(C(C(C)N)N(C)CCc2ccncc2)cc1. The molecule has 2 atom stereocenters. The van der Waals surface area contributed by atoms with Crippen LogP contribution in [0.2, 0.25) is 0 Å². The molecule has 3 heteroatoms. The number of hydrogen-bond donors (Lipinski definition) is 1. The topological polar surface area (TPSA) is 42.1 Å². The van der Waals surface area contributed by atoms with Crippen LogP contribution >= 0.6 is 0 Å². The molecule has 21 heavy (non-hydrogen) atoms. The van der Waals surface area contributed by atoms with E-state index >= 15 is 0 Å². The van der Waals surface area contributed by atoms with Crippen molar-refractivity contribution < 1.29 is 0 Å². The smallest absolute Gasteiger partial charge is 0.0493 e. The normalized spacial score (nSPS) is 14.1. The van der Waals surface area contributed by atoms with E-state index in [-0.39, 0.29) is 12.1 Å². The highest BCUT2D eigenvalue weighted by Gasteiger charge is 2.20. The molecule has 0 aliphatic carbocycles. The van der Waals surface area contributed by atoms with E-state index in [0.29, 0.717) is 0 Å². The van der Waals surface area contributed by atoms with Crippen molar-refractivity contribution in [2.75, 3.05) is 13.6 Å². The maximum Gasteiger partial charge on any atom is 0.0493 e. The number of nitrogens with two attached hydrogens (primary N) is 1. The van der Waals surface area contributed by atoms with Gasteiger partial charge in [0.15, 0.2) is 0 Å². The van der Waals surface area contributed by atoms with E-state index in [0.717, 1.165) is 13.0 Å². The molecule has 1 heterocycles. The highest BCUT2D eigenvalue weighted by atomic mass is 15.1. The number of nitrogens with zero attached hydrogens (tertiary/aromatic N) is 2. The van der Waals surface area contributed by atoms with Crippen molar-refractivity contribution in [3.8, 4) is 0 Å². The number of hydrogen-bond acceptors (Lipinski definition) is 3. The molecule has 0 fully saturated rings. The lowest BCUT2D eigenvalue weighted by molar-refractivity contribution is 0.221. The zero-order valence-electron chi connectivity index (χ0n) is 13.2. The zero-order chi connectivity index (χ0) is 15.2. The van der Waals surface area contributed by atoms with Gasteiger partial charge in [0.25, 0.3) is 0 Å². The zero-order valence-corrected chi connectivity index (χ0v) is 13.2. The summed E-state index contributed by atoms with van der Waals surface area (Å²) in [7, 11) is 2.15. The second-order valence-corrected chi connectivity index (χ2v) is 5.80. The van der Waals surface area contributed by atoms with Gasteiger partial charge in [0.1, 0.15) is 0 Å². The Morgan fingerprint density at radius 2 is 1.71 bits per heavy atom. The molecule has 0 radical (unpaired) electrons. The predicted octanol–water partition coefficient (Wildman–Crippen LogP) is 2.95. The van der Waals surface area contributed by atoms with E-state index < -0.39 is 0 Å². The number of benzene rings is 1. The van der Waals surface area contributed by atoms with Gasteiger partial charge in [-0.2, -0.15) is 0 Å². The van der Waals surface area contributed by atoms with Crippen molar-refractivity contribution in [2.45, 2.75) is 32.4 Å². The summed E-state index contributed by atoms with van der Waals surface area (Å²) in [4.78, 5) is 6.40. The van der Waals surface area contributed by atoms with Crippen molar-refractivity contribution in [1.29, 1.82) is 0 Å². The van der Waals surface area contributed by atoms with Crippen LogP contribution < -0.4 is 5.73 Å². The fourth-order valence-electron chi connectivity index (χ4n) is 2.72. The molecule has 2 N–H and O–H groups in total. The minimum Gasteiger partial charge on any atom is -0.326 e. The molecule has 2 rings (SSSR count). The summed E-state index contributed by atoms with van der Waals surface area (Å²) in [5, 5.41) is 0. The lowest BCUT2D eigenvalue weighted by Gasteiger charge is -2.31. The fourth-order valence-corrected chi connectivity index (χ4v) is 2.72. The lowest BCUT2D eigenvalue weighted by atomic mass is 9.98. The number of aromatic nitrogens is 1. The number of pyridine rings is 1. The summed E-state index contributed by atoms with van der Waals surface area (Å²) in [5.41, 5.74) is 10.1. The molecule has 2 aromatic rings. The van der Waals surface area contributed by atoms with Gasteiger partial charge in [0.05, 0.1) is 0 Å². The van der Waals surface area contributed by atoms with Gasteiger partial charge in [0, 0.05) is 31.0 Å². The molecular formula is C18H25N3. The van der Waals surface area contributed by atoms with Crippen LogP contribution in [0.25, 0.3) is 0 Å². The predicted molar refractivity (Wildman–Crippen MR) is 88.1 cm³/mol. The molecule has 0 aliphatic heterocycles. The lowest BCUT2D eigenvalue weighted by Crippen LogP contribution is -2.38. The van der Waals surface area contributed by atoms with Gasteiger partial charge in [-0.25, -0.2) is 0 Å². The Kier molecular flexibility index (Phi) is 5.48. The van der Waals surface area contributed by atoms with Crippen molar-refractivity contribution >= 4 is 0 Å². The molecule has 2 unspecified atom stereocenters. The van der Waals surface area contributed by atoms with Crippen LogP contribution in [0.1, 0.15) is 29.7 Å². The second kappa shape index (κ2) is 7.34. The molecule has 0 amide bonds. The Labute approximate surface area is 127 Å². The molecule has 0 saturated carbocycles. The molecule has 0 spiro atoms. The van der Waals surface area contributed by atoms with E-state index in [9.17, 15) is 0 Å². The molecule has 0 aliphatic rings. The molecule has 1 aromatic heterocycles. The Bertz CT molecular complexity index is 534. The van der Waals surface area contributed by atoms with Crippen LogP contribution in [0.3, 0.4) is 0 Å². The third-order valence-corrected chi connectivity index (χ3v) is 3.89. The third-order valence-electron chi connectivity index (χ3n) is 3.89. The van der Waals surface area contributed by atoms with E-state index in [1.807, 2.05) is 12.4 Å². The van der Waals surface area contributed by atoms with Crippen LogP contribution in [0.5, 0.6) is 0 Å². The van der Waals surface area contributed by atoms with Gasteiger partial charge in [-0.3, -0.25) is 9.88 Å². The maximum atomic E-state index is 6.22. The minimum absolute atomic E-state index is 0.0927. The molecule has 0 saturated heterocycles. The van der Waals surface area contributed by atoms with E-state index in [4.69, 9.17) is 5.73 Å². The Balaban J connectivity index is 2.05. The van der Waals surface area contributed by atoms with Gasteiger partial charge in [-0.1, -0.05) is 29.8 Å². The third kappa shape index (κ3) is 4.38. The van der Waals surface area contributed by atoms with Gasteiger partial charge in [0.2, 0.25) is 0 Å². The van der Waals surface area contributed by atoms with Gasteiger partial charge in [-0.05, 0) is 50.6 Å². The average molecular weight is 283 g/mol. The fraction of sp³-hybridized carbons (Fsp3) is 0.389. The first-order chi connectivity index (χ1) is 10.1. The largest absolute Gasteiger partial charge is 0.326 e. The van der Waals surface area contributed by atoms with Gasteiger partial charge < -0.3 is 5.73 Å². The Morgan fingerprint density at radius 3 is 2.29 bits per heavy atom. The van der Waals surface area contributed by atoms with Crippen molar-refractivity contribution in [3.63, 3.8) is 0 Å². The molecule has 1 aromatic carbocycles. The quantitative estimate of drug-likeness (QED) is 0.886. The second-order valence-electron chi connectivity index (χ2n) is 5.80. The van der Waals surface area contributed by atoms with Crippen molar-refractivity contribution in [3.05, 3.63) is 65.5 Å². The summed E-state index contributed by atoms with van der Waals surface area (Å²) >= 11 is 0. The summed E-state index contributed by atoms with van der Waals surface area (Å²) < 4.78 is 0. The summed E-state index contributed by atoms with van der Waals surface area (Å²) in [6.45, 7) is 5.16. The molecule has 0 bridgehead atoms. The van der Waals surface area contributed by atoms with Crippen molar-refractivity contribution in [1.82, 2.24) is 9.88 Å². The number of likely N-dealkylation sites (N-methyl/N-ethyl adjacent to an activating group) is 1. The molecule has 112 valence electrons. The van der Waals surface area contributed by atoms with Crippen LogP contribution in [-0.2, 0) is 6.42 Å². The molecular weight excluding hydrogens is 258 g/mol. The van der Waals surface area contributed by atoms with Crippen LogP contribution in [0.4, 0.5) is 0 Å². The maximum absolute atomic E-state index is 6.22. The monoisotopic (exact) mass is 283 g/mol. The van der Waals surface area contributed by atoms with Gasteiger partial charge in [-0.15, -0.1) is 0 Å². The summed E-state index contributed by atoms with van der Waals surface area (Å²) in [5.74, 6) is 0. The van der Waals surface area contributed by atoms with E-state index in [1.54, 1.807) is 0 Å². The highest BCUT2D eigenvalue weighted by molar-refractivity contribution is 5.25. The van der Waals surface area contributed by atoms with Gasteiger partial charge >= 0.3 is 0 Å². The molecule has 3 nitrogen and oxygen atoms in total. The van der Waals surface area contributed by atoms with Crippen LogP contribution in [0.15, 0.2) is 48.8 Å².